The van der Waals surface area contributed by atoms with Crippen LogP contribution < -0.4 is 0 Å². The van der Waals surface area contributed by atoms with E-state index in [-0.39, 0.29) is 5.56 Å². The van der Waals surface area contributed by atoms with Crippen LogP contribution in [0.4, 0.5) is 13.2 Å². The summed E-state index contributed by atoms with van der Waals surface area (Å²) < 4.78 is 48.9. The van der Waals surface area contributed by atoms with Gasteiger partial charge in [0.25, 0.3) is 0 Å². The summed E-state index contributed by atoms with van der Waals surface area (Å²) in [6.07, 6.45) is -4.55. The second-order valence-electron chi connectivity index (χ2n) is 19.6. The van der Waals surface area contributed by atoms with Crippen LogP contribution in [0, 0.1) is 6.92 Å². The average molecular weight is 1000 g/mol. The van der Waals surface area contributed by atoms with Gasteiger partial charge in [0.05, 0.1) is 48.4 Å². The number of aromatic nitrogens is 4. The predicted molar refractivity (Wildman–Crippen MR) is 310 cm³/mol. The number of fused-ring (bicyclic) bond motifs is 13. The van der Waals surface area contributed by atoms with Crippen molar-refractivity contribution in [2.45, 2.75) is 13.1 Å². The number of benzene rings is 11. The highest BCUT2D eigenvalue weighted by molar-refractivity contribution is 7.21. The smallest absolute Gasteiger partial charge is 0.309 e. The van der Waals surface area contributed by atoms with Crippen molar-refractivity contribution in [3.8, 4) is 54.5 Å². The van der Waals surface area contributed by atoms with Crippen LogP contribution in [-0.2, 0) is 6.18 Å². The zero-order valence-corrected chi connectivity index (χ0v) is 41.6. The summed E-state index contributed by atoms with van der Waals surface area (Å²) in [6.45, 7) is 2.12. The lowest BCUT2D eigenvalue weighted by molar-refractivity contribution is -0.137. The van der Waals surface area contributed by atoms with E-state index in [1.807, 2.05) is 30.3 Å². The van der Waals surface area contributed by atoms with Crippen molar-refractivity contribution < 1.29 is 13.2 Å². The molecule has 0 saturated carbocycles. The lowest BCUT2D eigenvalue weighted by Crippen LogP contribution is -2.06. The molecule has 0 spiro atoms. The number of rotatable bonds is 6. The van der Waals surface area contributed by atoms with Crippen molar-refractivity contribution in [2.24, 2.45) is 0 Å². The first kappa shape index (κ1) is 44.1. The van der Waals surface area contributed by atoms with Crippen LogP contribution in [0.1, 0.15) is 11.1 Å². The zero-order valence-electron chi connectivity index (χ0n) is 40.8. The van der Waals surface area contributed by atoms with E-state index >= 15 is 0 Å². The van der Waals surface area contributed by atoms with E-state index in [0.29, 0.717) is 16.6 Å². The molecule has 0 bridgehead atoms. The van der Waals surface area contributed by atoms with Gasteiger partial charge in [-0.25, -0.2) is 9.97 Å². The second kappa shape index (κ2) is 16.8. The van der Waals surface area contributed by atoms with E-state index < -0.39 is 11.7 Å². The van der Waals surface area contributed by atoms with Crippen molar-refractivity contribution in [2.75, 3.05) is 0 Å². The molecule has 4 aromatic heterocycles. The van der Waals surface area contributed by atoms with Crippen LogP contribution in [0.25, 0.3) is 142 Å². The first-order chi connectivity index (χ1) is 37.2. The topological polar surface area (TPSA) is 35.6 Å². The minimum atomic E-state index is -4.55. The molecule has 0 N–H and O–H groups in total. The Morgan fingerprint density at radius 2 is 0.750 bits per heavy atom. The van der Waals surface area contributed by atoms with Gasteiger partial charge < -0.3 is 9.13 Å². The quantitative estimate of drug-likeness (QED) is 0.156. The summed E-state index contributed by atoms with van der Waals surface area (Å²) >= 11 is 1.67. The standard InChI is InChI=1S/C68H41F3N4S/c1-40-16-8-9-21-47(40)41-28-32-49-50-33-29-42(48-22-10-13-25-57(48)68(69,70)71)37-56(50)63-62(55(49)36-41)72-64-65(73-63)67(44-31-35-54-52-24-12-15-27-59(52)75(61(54)39-44)46-19-6-3-7-20-46)76-66(64)43-30-34-53-51-23-11-14-26-58(51)74(60(53)38-43)45-17-4-2-5-18-45/h2-39H,1H3. The molecule has 360 valence electrons. The molecular weight excluding hydrogens is 962 g/mol. The third-order valence-electron chi connectivity index (χ3n) is 15.3. The maximum atomic E-state index is 14.7. The fourth-order valence-corrected chi connectivity index (χ4v) is 13.0. The largest absolute Gasteiger partial charge is 0.417 e. The fraction of sp³-hybridized carbons (Fsp3) is 0.0294. The first-order valence-electron chi connectivity index (χ1n) is 25.3. The lowest BCUT2D eigenvalue weighted by atomic mass is 9.91. The van der Waals surface area contributed by atoms with E-state index in [4.69, 9.17) is 9.97 Å². The molecular formula is C68H41F3N4S. The normalized spacial score (nSPS) is 12.2. The predicted octanol–water partition coefficient (Wildman–Crippen LogP) is 19.3. The number of hydrogen-bond acceptors (Lipinski definition) is 3. The summed E-state index contributed by atoms with van der Waals surface area (Å²) in [5.41, 5.74) is 14.4. The van der Waals surface area contributed by atoms with Gasteiger partial charge in [-0.3, -0.25) is 0 Å². The highest BCUT2D eigenvalue weighted by Crippen LogP contribution is 2.49. The fourth-order valence-electron chi connectivity index (χ4n) is 11.8. The van der Waals surface area contributed by atoms with Gasteiger partial charge in [0.1, 0.15) is 11.0 Å². The second-order valence-corrected chi connectivity index (χ2v) is 20.6. The Morgan fingerprint density at radius 3 is 1.26 bits per heavy atom. The molecule has 15 rings (SSSR count). The SMILES string of the molecule is Cc1ccccc1-c1ccc2c3ccc(-c4ccccc4C(F)(F)F)cc3c3nc4c(-c5ccc6c7ccccc7n(-c7ccccc7)c6c5)sc(-c5ccc6c7ccccc7n(-c7ccccc7)c6c5)c4nc3c2c1. The summed E-state index contributed by atoms with van der Waals surface area (Å²) in [4.78, 5) is 13.5. The van der Waals surface area contributed by atoms with E-state index in [9.17, 15) is 13.2 Å². The third-order valence-corrected chi connectivity index (χ3v) is 16.5. The number of thiophene rings is 1. The molecule has 0 amide bonds. The van der Waals surface area contributed by atoms with Gasteiger partial charge in [0, 0.05) is 43.7 Å². The average Bonchev–Trinajstić information content (AvgIpc) is 4.25. The number of hydrogen-bond donors (Lipinski definition) is 0. The Labute approximate surface area is 437 Å². The van der Waals surface area contributed by atoms with Crippen molar-refractivity contribution in [3.63, 3.8) is 0 Å². The van der Waals surface area contributed by atoms with Crippen molar-refractivity contribution in [1.82, 2.24) is 19.1 Å². The monoisotopic (exact) mass is 1000 g/mol. The lowest BCUT2D eigenvalue weighted by Gasteiger charge is -2.16. The Bertz CT molecular complexity index is 4880. The van der Waals surface area contributed by atoms with Crippen LogP contribution in [0.3, 0.4) is 0 Å². The van der Waals surface area contributed by atoms with Gasteiger partial charge in [0.2, 0.25) is 0 Å². The maximum absolute atomic E-state index is 14.7. The zero-order chi connectivity index (χ0) is 50.8. The molecule has 15 aromatic rings. The molecule has 4 heterocycles. The van der Waals surface area contributed by atoms with Gasteiger partial charge in [-0.2, -0.15) is 13.2 Å². The van der Waals surface area contributed by atoms with Gasteiger partial charge in [0.15, 0.2) is 0 Å². The highest BCUT2D eigenvalue weighted by Gasteiger charge is 2.33. The van der Waals surface area contributed by atoms with Crippen molar-refractivity contribution in [1.29, 1.82) is 0 Å². The molecule has 0 fully saturated rings. The third kappa shape index (κ3) is 6.77. The molecule has 76 heavy (non-hydrogen) atoms. The Morgan fingerprint density at radius 1 is 0.342 bits per heavy atom. The molecule has 0 radical (unpaired) electrons. The molecule has 0 aliphatic carbocycles. The van der Waals surface area contributed by atoms with Gasteiger partial charge in [-0.15, -0.1) is 11.3 Å². The van der Waals surface area contributed by atoms with E-state index in [1.165, 1.54) is 6.07 Å². The molecule has 11 aromatic carbocycles. The molecule has 0 unspecified atom stereocenters. The van der Waals surface area contributed by atoms with E-state index in [0.717, 1.165) is 131 Å². The van der Waals surface area contributed by atoms with Crippen LogP contribution in [-0.4, -0.2) is 19.1 Å². The molecule has 8 heteroatoms. The number of para-hydroxylation sites is 4. The minimum absolute atomic E-state index is 0.109. The molecule has 4 nitrogen and oxygen atoms in total. The van der Waals surface area contributed by atoms with Crippen LogP contribution in [0.2, 0.25) is 0 Å². The summed E-state index contributed by atoms with van der Waals surface area (Å²) in [5, 5.41) is 8.05. The highest BCUT2D eigenvalue weighted by atomic mass is 32.1. The van der Waals surface area contributed by atoms with Gasteiger partial charge in [-0.1, -0.05) is 164 Å². The number of aryl methyl sites for hydroxylation is 1. The number of alkyl halides is 3. The van der Waals surface area contributed by atoms with Crippen LogP contribution in [0.15, 0.2) is 231 Å². The molecule has 0 atom stereocenters. The first-order valence-corrected chi connectivity index (χ1v) is 26.1. The Hall–Kier alpha value is -9.37. The Kier molecular flexibility index (Phi) is 9.78. The van der Waals surface area contributed by atoms with E-state index in [1.54, 1.807) is 29.5 Å². The summed E-state index contributed by atoms with van der Waals surface area (Å²) in [5.74, 6) is 0. The van der Waals surface area contributed by atoms with Crippen molar-refractivity contribution in [3.05, 3.63) is 242 Å². The van der Waals surface area contributed by atoms with Crippen molar-refractivity contribution >= 4 is 98.6 Å². The maximum Gasteiger partial charge on any atom is 0.417 e. The summed E-state index contributed by atoms with van der Waals surface area (Å²) in [7, 11) is 0. The molecule has 0 saturated heterocycles. The van der Waals surface area contributed by atoms with E-state index in [2.05, 4.69) is 186 Å². The minimum Gasteiger partial charge on any atom is -0.309 e. The molecule has 0 aliphatic rings. The van der Waals surface area contributed by atoms with Gasteiger partial charge >= 0.3 is 6.18 Å². The van der Waals surface area contributed by atoms with Crippen LogP contribution >= 0.6 is 11.3 Å². The van der Waals surface area contributed by atoms with Gasteiger partial charge in [-0.05, 0) is 123 Å². The number of nitrogens with zero attached hydrogens (tertiary/aromatic N) is 4. The summed E-state index contributed by atoms with van der Waals surface area (Å²) in [6, 6.07) is 77.7. The Balaban J connectivity index is 1.07. The molecule has 0 aliphatic heterocycles. The number of halogens is 3. The van der Waals surface area contributed by atoms with Crippen LogP contribution in [0.5, 0.6) is 0 Å².